The van der Waals surface area contributed by atoms with Gasteiger partial charge in [0.1, 0.15) is 17.4 Å². The summed E-state index contributed by atoms with van der Waals surface area (Å²) in [4.78, 5) is 34.0. The molecule has 2 aliphatic rings. The fraction of sp³-hybridized carbons (Fsp3) is 0.611. The summed E-state index contributed by atoms with van der Waals surface area (Å²) in [6.45, 7) is 2.76. The molecule has 5 atom stereocenters. The summed E-state index contributed by atoms with van der Waals surface area (Å²) < 4.78 is 33.9. The van der Waals surface area contributed by atoms with E-state index in [4.69, 9.17) is 30.6 Å². The molecule has 15 heteroatoms. The van der Waals surface area contributed by atoms with E-state index < -0.39 is 51.6 Å². The molecule has 1 unspecified atom stereocenters. The van der Waals surface area contributed by atoms with Crippen molar-refractivity contribution in [2.75, 3.05) is 30.5 Å². The zero-order valence-electron chi connectivity index (χ0n) is 17.6. The van der Waals surface area contributed by atoms with Gasteiger partial charge in [0, 0.05) is 30.6 Å². The fourth-order valence-corrected chi connectivity index (χ4v) is 7.94. The van der Waals surface area contributed by atoms with E-state index in [1.54, 1.807) is 5.38 Å². The second kappa shape index (κ2) is 9.11. The summed E-state index contributed by atoms with van der Waals surface area (Å²) in [5, 5.41) is 23.6. The largest absolute Gasteiger partial charge is 0.387 e. The first-order valence-electron chi connectivity index (χ1n) is 10.2. The van der Waals surface area contributed by atoms with Crippen molar-refractivity contribution < 1.29 is 43.3 Å². The zero-order chi connectivity index (χ0) is 24.2. The number of hydrogen-bond acceptors (Lipinski definition) is 9. The van der Waals surface area contributed by atoms with E-state index in [-0.39, 0.29) is 0 Å². The smallest absolute Gasteiger partial charge is 0.340 e. The van der Waals surface area contributed by atoms with Crippen LogP contribution in [0.15, 0.2) is 11.4 Å². The van der Waals surface area contributed by atoms with Crippen LogP contribution in [0.5, 0.6) is 0 Å². The van der Waals surface area contributed by atoms with Crippen LogP contribution in [0.4, 0.5) is 5.69 Å². The number of pyridine rings is 1. The van der Waals surface area contributed by atoms with Gasteiger partial charge in [-0.05, 0) is 18.2 Å². The van der Waals surface area contributed by atoms with Crippen molar-refractivity contribution >= 4 is 54.0 Å². The van der Waals surface area contributed by atoms with Gasteiger partial charge >= 0.3 is 15.2 Å². The number of thiophene rings is 1. The van der Waals surface area contributed by atoms with Gasteiger partial charge in [0.05, 0.1) is 22.5 Å². The highest BCUT2D eigenvalue weighted by Crippen LogP contribution is 2.57. The number of aromatic nitrogens is 1. The Labute approximate surface area is 198 Å². The van der Waals surface area contributed by atoms with Gasteiger partial charge in [-0.15, -0.1) is 11.3 Å². The average molecular weight is 543 g/mol. The second-order valence-electron chi connectivity index (χ2n) is 8.44. The zero-order valence-corrected chi connectivity index (χ0v) is 20.9. The van der Waals surface area contributed by atoms with Gasteiger partial charge in [0.2, 0.25) is 5.79 Å². The Bertz CT molecular complexity index is 1140. The fourth-order valence-electron chi connectivity index (χ4n) is 4.03. The van der Waals surface area contributed by atoms with Gasteiger partial charge in [-0.25, -0.2) is 4.98 Å². The Morgan fingerprint density at radius 1 is 1.36 bits per heavy atom. The van der Waals surface area contributed by atoms with E-state index in [9.17, 15) is 24.2 Å². The number of aliphatic hydroxyl groups excluding tert-OH is 1. The van der Waals surface area contributed by atoms with Gasteiger partial charge in [0.15, 0.2) is 5.90 Å². The molecule has 0 aliphatic carbocycles. The Hall–Kier alpha value is -0.620. The lowest BCUT2D eigenvalue weighted by molar-refractivity contribution is -0.0992. The quantitative estimate of drug-likeness (QED) is 0.179. The van der Waals surface area contributed by atoms with Crippen molar-refractivity contribution in [3.63, 3.8) is 0 Å². The highest BCUT2D eigenvalue weighted by molar-refractivity contribution is 7.70. The monoisotopic (exact) mass is 542 g/mol. The molecule has 2 saturated heterocycles. The summed E-state index contributed by atoms with van der Waals surface area (Å²) in [6, 6.07) is 1.81. The molecule has 184 valence electrons. The minimum Gasteiger partial charge on any atom is -0.387 e. The summed E-state index contributed by atoms with van der Waals surface area (Å²) in [7, 11) is -9.35. The molecule has 0 aromatic carbocycles. The van der Waals surface area contributed by atoms with E-state index in [0.717, 1.165) is 36.3 Å². The van der Waals surface area contributed by atoms with Crippen LogP contribution in [0.25, 0.3) is 10.2 Å². The topological polar surface area (TPSA) is 173 Å². The van der Waals surface area contributed by atoms with Crippen molar-refractivity contribution in [3.05, 3.63) is 22.2 Å². The van der Waals surface area contributed by atoms with Crippen molar-refractivity contribution in [1.82, 2.24) is 4.98 Å². The minimum absolute atomic E-state index is 0.305. The molecule has 0 amide bonds. The van der Waals surface area contributed by atoms with Crippen LogP contribution in [-0.4, -0.2) is 67.4 Å². The van der Waals surface area contributed by atoms with Gasteiger partial charge in [-0.1, -0.05) is 18.5 Å². The minimum atomic E-state index is -4.77. The number of ether oxygens (including phenoxy) is 1. The van der Waals surface area contributed by atoms with E-state index >= 15 is 0 Å². The van der Waals surface area contributed by atoms with Crippen LogP contribution in [0, 0.1) is 5.92 Å². The lowest BCUT2D eigenvalue weighted by atomic mass is 9.96. The van der Waals surface area contributed by atoms with Gasteiger partial charge in [-0.3, -0.25) is 9.13 Å². The third-order valence-electron chi connectivity index (χ3n) is 5.72. The van der Waals surface area contributed by atoms with Gasteiger partial charge in [-0.2, -0.15) is 0 Å². The Morgan fingerprint density at radius 3 is 2.67 bits per heavy atom. The van der Waals surface area contributed by atoms with Crippen LogP contribution in [0.1, 0.15) is 31.4 Å². The van der Waals surface area contributed by atoms with Crippen LogP contribution in [-0.2, 0) is 18.4 Å². The summed E-state index contributed by atoms with van der Waals surface area (Å²) in [5.41, 5.74) is 2.11. The number of nitrogens with zero attached hydrogens (tertiary/aromatic N) is 2. The Morgan fingerprint density at radius 2 is 2.03 bits per heavy atom. The van der Waals surface area contributed by atoms with Crippen LogP contribution < -0.4 is 4.90 Å². The Balaban J connectivity index is 1.49. The van der Waals surface area contributed by atoms with Crippen LogP contribution >= 0.6 is 38.1 Å². The molecule has 2 fully saturated rings. The van der Waals surface area contributed by atoms with E-state index in [1.807, 2.05) is 6.07 Å². The summed E-state index contributed by atoms with van der Waals surface area (Å²) >= 11 is 7.70. The maximum atomic E-state index is 11.8. The van der Waals surface area contributed by atoms with E-state index in [1.165, 1.54) is 18.3 Å². The predicted octanol–water partition coefficient (Wildman–Crippen LogP) is 2.64. The first-order valence-corrected chi connectivity index (χ1v) is 15.0. The predicted molar refractivity (Wildman–Crippen MR) is 123 cm³/mol. The normalized spacial score (nSPS) is 27.0. The number of epoxide rings is 1. The molecule has 4 heterocycles. The molecule has 0 saturated carbocycles. The molecule has 2 aliphatic heterocycles. The molecule has 0 spiro atoms. The number of hydrogen-bond donors (Lipinski definition) is 5. The third kappa shape index (κ3) is 5.47. The van der Waals surface area contributed by atoms with Crippen molar-refractivity contribution in [1.29, 1.82) is 0 Å². The molecule has 4 rings (SSSR count). The number of fused-ring (bicyclic) bond motifs is 1. The third-order valence-corrected chi connectivity index (χ3v) is 10.4. The van der Waals surface area contributed by atoms with Crippen molar-refractivity contribution in [3.8, 4) is 0 Å². The maximum absolute atomic E-state index is 11.8. The molecule has 33 heavy (non-hydrogen) atoms. The SMILES string of the molecule is C[C@H](COP(=O)(O)CP(=O)(O)O)[C@H](O)[C@@]1(O)O[C@H]1c1csc2c(N3CCCC3)cc(Cl)nc12. The molecule has 11 nitrogen and oxygen atoms in total. The molecule has 2 aromatic heterocycles. The molecular weight excluding hydrogens is 518 g/mol. The van der Waals surface area contributed by atoms with E-state index in [2.05, 4.69) is 9.88 Å². The van der Waals surface area contributed by atoms with E-state index in [0.29, 0.717) is 16.2 Å². The molecule has 0 bridgehead atoms. The average Bonchev–Trinajstić information content (AvgIpc) is 3.09. The Kier molecular flexibility index (Phi) is 7.03. The number of rotatable bonds is 9. The molecule has 5 N–H and O–H groups in total. The highest BCUT2D eigenvalue weighted by atomic mass is 35.5. The lowest BCUT2D eigenvalue weighted by Crippen LogP contribution is -2.37. The number of halogens is 1. The second-order valence-corrected chi connectivity index (χ2v) is 13.7. The molecular formula is C18H25ClN2O9P2S. The maximum Gasteiger partial charge on any atom is 0.340 e. The van der Waals surface area contributed by atoms with Gasteiger partial charge in [0.25, 0.3) is 0 Å². The number of aliphatic hydroxyl groups is 2. The number of anilines is 1. The van der Waals surface area contributed by atoms with Crippen molar-refractivity contribution in [2.45, 2.75) is 37.8 Å². The molecule has 0 radical (unpaired) electrons. The lowest BCUT2D eigenvalue weighted by Gasteiger charge is -2.23. The van der Waals surface area contributed by atoms with Gasteiger partial charge < -0.3 is 39.1 Å². The molecule has 2 aromatic rings. The standard InChI is InChI=1S/C18H25ClN2O9P2S/c1-10(7-29-32(27,28)9-31(24,25)26)16(22)18(23)17(30-18)11-8-33-15-12(21-4-2-3-5-21)6-13(19)20-14(11)15/h6,8,10,16-17,22-23H,2-5,7,9H2,1H3,(H,27,28)(H2,24,25,26)/t10-,16+,17+,18-/m1/s1. The van der Waals surface area contributed by atoms with Crippen LogP contribution in [0.3, 0.4) is 0 Å². The summed E-state index contributed by atoms with van der Waals surface area (Å²) in [5.74, 6) is -4.20. The first kappa shape index (κ1) is 25.5. The summed E-state index contributed by atoms with van der Waals surface area (Å²) in [6.07, 6.45) is -0.222. The highest BCUT2D eigenvalue weighted by Gasteiger charge is 2.63. The first-order chi connectivity index (χ1) is 15.3. The van der Waals surface area contributed by atoms with Crippen molar-refractivity contribution in [2.24, 2.45) is 5.92 Å². The van der Waals surface area contributed by atoms with Crippen LogP contribution in [0.2, 0.25) is 5.15 Å².